The number of aromatic carboxylic acids is 2. The van der Waals surface area contributed by atoms with Crippen LogP contribution in [0.25, 0.3) is 0 Å². The lowest BCUT2D eigenvalue weighted by molar-refractivity contribution is 0.0678. The van der Waals surface area contributed by atoms with Gasteiger partial charge in [0.1, 0.15) is 0 Å². The Bertz CT molecular complexity index is 642. The summed E-state index contributed by atoms with van der Waals surface area (Å²) in [5, 5.41) is 25.8. The minimum atomic E-state index is -1.03. The highest BCUT2D eigenvalue weighted by molar-refractivity contribution is 5.85. The standard InChI is InChI=1S/C14H18N4O4/c1-9-7-11(13(19)20)15-17(9)5-3-4-6-18-10(2)8-12(16-18)14(21)22/h7-8H,3-6H2,1-2H3,(H,19,20)(H,21,22). The van der Waals surface area contributed by atoms with E-state index < -0.39 is 11.9 Å². The Morgan fingerprint density at radius 2 is 1.27 bits per heavy atom. The Balaban J connectivity index is 1.87. The van der Waals surface area contributed by atoms with Crippen LogP contribution in [0.3, 0.4) is 0 Å². The molecule has 0 atom stereocenters. The van der Waals surface area contributed by atoms with Gasteiger partial charge < -0.3 is 10.2 Å². The molecular weight excluding hydrogens is 288 g/mol. The molecule has 0 saturated carbocycles. The topological polar surface area (TPSA) is 110 Å². The van der Waals surface area contributed by atoms with Gasteiger partial charge in [0.05, 0.1) is 0 Å². The number of unbranched alkanes of at least 4 members (excludes halogenated alkanes) is 1. The predicted octanol–water partition coefficient (Wildman–Crippen LogP) is 1.57. The summed E-state index contributed by atoms with van der Waals surface area (Å²) in [6.07, 6.45) is 1.59. The zero-order valence-electron chi connectivity index (χ0n) is 12.5. The van der Waals surface area contributed by atoms with Crippen molar-refractivity contribution in [2.24, 2.45) is 0 Å². The van der Waals surface area contributed by atoms with Crippen molar-refractivity contribution in [3.05, 3.63) is 34.9 Å². The summed E-state index contributed by atoms with van der Waals surface area (Å²) in [5.41, 5.74) is 1.71. The second-order valence-electron chi connectivity index (χ2n) is 5.11. The van der Waals surface area contributed by atoms with E-state index in [4.69, 9.17) is 10.2 Å². The summed E-state index contributed by atoms with van der Waals surface area (Å²) in [7, 11) is 0. The van der Waals surface area contributed by atoms with E-state index in [1.54, 1.807) is 21.5 Å². The molecule has 0 aliphatic rings. The van der Waals surface area contributed by atoms with Crippen LogP contribution in [-0.4, -0.2) is 41.7 Å². The Hall–Kier alpha value is -2.64. The molecular formula is C14H18N4O4. The minimum absolute atomic E-state index is 0.0477. The van der Waals surface area contributed by atoms with Gasteiger partial charge in [0.2, 0.25) is 0 Å². The van der Waals surface area contributed by atoms with Crippen LogP contribution < -0.4 is 0 Å². The maximum absolute atomic E-state index is 10.8. The molecule has 0 aliphatic carbocycles. The van der Waals surface area contributed by atoms with E-state index in [-0.39, 0.29) is 11.4 Å². The van der Waals surface area contributed by atoms with Crippen molar-refractivity contribution in [1.29, 1.82) is 0 Å². The molecule has 0 spiro atoms. The average molecular weight is 306 g/mol. The highest BCUT2D eigenvalue weighted by atomic mass is 16.4. The van der Waals surface area contributed by atoms with Crippen molar-refractivity contribution in [1.82, 2.24) is 19.6 Å². The number of aromatic nitrogens is 4. The Kier molecular flexibility index (Phi) is 4.59. The van der Waals surface area contributed by atoms with Crippen LogP contribution >= 0.6 is 0 Å². The molecule has 2 aromatic rings. The maximum Gasteiger partial charge on any atom is 0.356 e. The van der Waals surface area contributed by atoms with E-state index in [0.717, 1.165) is 24.2 Å². The van der Waals surface area contributed by atoms with E-state index in [0.29, 0.717) is 13.1 Å². The van der Waals surface area contributed by atoms with Crippen molar-refractivity contribution >= 4 is 11.9 Å². The first-order valence-electron chi connectivity index (χ1n) is 6.94. The molecule has 22 heavy (non-hydrogen) atoms. The fraction of sp³-hybridized carbons (Fsp3) is 0.429. The molecule has 8 heteroatoms. The highest BCUT2D eigenvalue weighted by Crippen LogP contribution is 2.08. The normalized spacial score (nSPS) is 10.8. The third-order valence-corrected chi connectivity index (χ3v) is 3.39. The fourth-order valence-corrected chi connectivity index (χ4v) is 2.21. The van der Waals surface area contributed by atoms with Gasteiger partial charge >= 0.3 is 11.9 Å². The number of carbonyl (C=O) groups is 2. The number of rotatable bonds is 7. The number of hydrogen-bond acceptors (Lipinski definition) is 4. The van der Waals surface area contributed by atoms with Crippen LogP contribution in [-0.2, 0) is 13.1 Å². The van der Waals surface area contributed by atoms with Gasteiger partial charge in [0.25, 0.3) is 0 Å². The van der Waals surface area contributed by atoms with Crippen molar-refractivity contribution in [2.75, 3.05) is 0 Å². The molecule has 2 aromatic heterocycles. The van der Waals surface area contributed by atoms with Crippen molar-refractivity contribution in [3.63, 3.8) is 0 Å². The number of carboxylic acids is 2. The molecule has 118 valence electrons. The lowest BCUT2D eigenvalue weighted by Crippen LogP contribution is -2.08. The van der Waals surface area contributed by atoms with Gasteiger partial charge in [0, 0.05) is 24.5 Å². The third-order valence-electron chi connectivity index (χ3n) is 3.39. The highest BCUT2D eigenvalue weighted by Gasteiger charge is 2.11. The summed E-state index contributed by atoms with van der Waals surface area (Å²) in [6.45, 7) is 4.86. The molecule has 0 bridgehead atoms. The number of hydrogen-bond donors (Lipinski definition) is 2. The summed E-state index contributed by atoms with van der Waals surface area (Å²) < 4.78 is 3.34. The van der Waals surface area contributed by atoms with Gasteiger partial charge in [-0.2, -0.15) is 10.2 Å². The first kappa shape index (κ1) is 15.7. The van der Waals surface area contributed by atoms with Crippen molar-refractivity contribution < 1.29 is 19.8 Å². The quantitative estimate of drug-likeness (QED) is 0.751. The molecule has 0 aromatic carbocycles. The number of aryl methyl sites for hydroxylation is 4. The van der Waals surface area contributed by atoms with Crippen LogP contribution in [0.1, 0.15) is 45.2 Å². The molecule has 0 amide bonds. The lowest BCUT2D eigenvalue weighted by atomic mass is 10.3. The van der Waals surface area contributed by atoms with Gasteiger partial charge in [-0.1, -0.05) is 0 Å². The molecule has 0 aliphatic heterocycles. The average Bonchev–Trinajstić information content (AvgIpc) is 2.99. The monoisotopic (exact) mass is 306 g/mol. The van der Waals surface area contributed by atoms with Gasteiger partial charge in [-0.05, 0) is 38.8 Å². The van der Waals surface area contributed by atoms with Crippen LogP contribution in [0.2, 0.25) is 0 Å². The van der Waals surface area contributed by atoms with Gasteiger partial charge in [-0.15, -0.1) is 0 Å². The first-order chi connectivity index (χ1) is 10.4. The van der Waals surface area contributed by atoms with Crippen LogP contribution in [0.15, 0.2) is 12.1 Å². The minimum Gasteiger partial charge on any atom is -0.476 e. The summed E-state index contributed by atoms with van der Waals surface area (Å²) in [5.74, 6) is -2.06. The van der Waals surface area contributed by atoms with E-state index in [2.05, 4.69) is 10.2 Å². The molecule has 0 unspecified atom stereocenters. The smallest absolute Gasteiger partial charge is 0.356 e. The van der Waals surface area contributed by atoms with E-state index in [1.165, 1.54) is 0 Å². The second-order valence-corrected chi connectivity index (χ2v) is 5.11. The maximum atomic E-state index is 10.8. The molecule has 0 saturated heterocycles. The van der Waals surface area contributed by atoms with Gasteiger partial charge in [-0.3, -0.25) is 9.36 Å². The third kappa shape index (κ3) is 3.51. The fourth-order valence-electron chi connectivity index (χ4n) is 2.21. The van der Waals surface area contributed by atoms with Crippen LogP contribution in [0.4, 0.5) is 0 Å². The molecule has 8 nitrogen and oxygen atoms in total. The summed E-state index contributed by atoms with van der Waals surface area (Å²) in [6, 6.07) is 3.08. The second kappa shape index (κ2) is 6.42. The lowest BCUT2D eigenvalue weighted by Gasteiger charge is -2.06. The molecule has 0 fully saturated rings. The predicted molar refractivity (Wildman–Crippen MR) is 77.1 cm³/mol. The largest absolute Gasteiger partial charge is 0.476 e. The summed E-state index contributed by atoms with van der Waals surface area (Å²) in [4.78, 5) is 21.7. The van der Waals surface area contributed by atoms with Gasteiger partial charge in [0.15, 0.2) is 11.4 Å². The van der Waals surface area contributed by atoms with E-state index in [1.807, 2.05) is 13.8 Å². The van der Waals surface area contributed by atoms with E-state index in [9.17, 15) is 9.59 Å². The Morgan fingerprint density at radius 3 is 1.55 bits per heavy atom. The van der Waals surface area contributed by atoms with Crippen molar-refractivity contribution in [3.8, 4) is 0 Å². The van der Waals surface area contributed by atoms with Crippen LogP contribution in [0, 0.1) is 13.8 Å². The number of nitrogens with zero attached hydrogens (tertiary/aromatic N) is 4. The van der Waals surface area contributed by atoms with Crippen LogP contribution in [0.5, 0.6) is 0 Å². The summed E-state index contributed by atoms with van der Waals surface area (Å²) >= 11 is 0. The Labute approximate surface area is 127 Å². The number of carboxylic acid groups (broad SMARTS) is 2. The molecule has 2 N–H and O–H groups in total. The van der Waals surface area contributed by atoms with Crippen molar-refractivity contribution in [2.45, 2.75) is 39.8 Å². The molecule has 2 heterocycles. The zero-order valence-corrected chi connectivity index (χ0v) is 12.5. The SMILES string of the molecule is Cc1cc(C(=O)O)nn1CCCCn1nc(C(=O)O)cc1C. The van der Waals surface area contributed by atoms with E-state index >= 15 is 0 Å². The Morgan fingerprint density at radius 1 is 0.909 bits per heavy atom. The zero-order chi connectivity index (χ0) is 16.3. The molecule has 0 radical (unpaired) electrons. The molecule has 2 rings (SSSR count). The van der Waals surface area contributed by atoms with Gasteiger partial charge in [-0.25, -0.2) is 9.59 Å². The first-order valence-corrected chi connectivity index (χ1v) is 6.94.